The first-order valence-corrected chi connectivity index (χ1v) is 6.59. The Bertz CT molecular complexity index is 474. The molecule has 1 rings (SSSR count). The third-order valence-electron chi connectivity index (χ3n) is 2.88. The summed E-state index contributed by atoms with van der Waals surface area (Å²) in [6, 6.07) is 9.48. The first-order chi connectivity index (χ1) is 9.21. The molecule has 0 unspecified atom stereocenters. The van der Waals surface area contributed by atoms with Crippen LogP contribution < -0.4 is 0 Å². The Kier molecular flexibility index (Phi) is 6.38. The molecule has 0 radical (unpaired) electrons. The molecule has 0 fully saturated rings. The summed E-state index contributed by atoms with van der Waals surface area (Å²) < 4.78 is 0. The Balaban J connectivity index is 2.74. The highest BCUT2D eigenvalue weighted by Crippen LogP contribution is 2.10. The maximum Gasteiger partial charge on any atom is 0.223 e. The van der Waals surface area contributed by atoms with E-state index in [-0.39, 0.29) is 5.91 Å². The molecule has 3 heteroatoms. The third-order valence-corrected chi connectivity index (χ3v) is 2.88. The number of unbranched alkanes of at least 4 members (excludes halogenated alkanes) is 1. The van der Waals surface area contributed by atoms with Crippen LogP contribution in [-0.2, 0) is 11.3 Å². The summed E-state index contributed by atoms with van der Waals surface area (Å²) in [5.41, 5.74) is 1.60. The van der Waals surface area contributed by atoms with Gasteiger partial charge in [-0.05, 0) is 24.1 Å². The van der Waals surface area contributed by atoms with Gasteiger partial charge in [-0.3, -0.25) is 4.79 Å². The van der Waals surface area contributed by atoms with Crippen molar-refractivity contribution in [3.05, 3.63) is 48.0 Å². The Labute approximate surface area is 115 Å². The Morgan fingerprint density at radius 3 is 2.95 bits per heavy atom. The van der Waals surface area contributed by atoms with Gasteiger partial charge in [0.25, 0.3) is 0 Å². The largest absolute Gasteiger partial charge is 0.335 e. The number of nitriles is 1. The zero-order chi connectivity index (χ0) is 14.1. The monoisotopic (exact) mass is 256 g/mol. The molecule has 1 aromatic rings. The van der Waals surface area contributed by atoms with E-state index in [1.807, 2.05) is 18.2 Å². The van der Waals surface area contributed by atoms with Crippen LogP contribution in [0.15, 0.2) is 36.9 Å². The van der Waals surface area contributed by atoms with E-state index in [2.05, 4.69) is 19.6 Å². The van der Waals surface area contributed by atoms with E-state index in [0.29, 0.717) is 25.1 Å². The number of rotatable bonds is 7. The van der Waals surface area contributed by atoms with Crippen LogP contribution in [0.3, 0.4) is 0 Å². The molecule has 1 aromatic carbocycles. The molecular formula is C16H20N2O. The molecule has 0 atom stereocenters. The van der Waals surface area contributed by atoms with Gasteiger partial charge in [0.2, 0.25) is 5.91 Å². The zero-order valence-electron chi connectivity index (χ0n) is 11.4. The molecule has 0 aromatic heterocycles. The molecule has 0 N–H and O–H groups in total. The number of nitrogens with zero attached hydrogens (tertiary/aromatic N) is 2. The summed E-state index contributed by atoms with van der Waals surface area (Å²) in [5, 5.41) is 8.88. The smallest absolute Gasteiger partial charge is 0.223 e. The second-order valence-corrected chi connectivity index (χ2v) is 4.48. The number of carbonyl (C=O) groups is 1. The Morgan fingerprint density at radius 1 is 1.53 bits per heavy atom. The minimum Gasteiger partial charge on any atom is -0.335 e. The van der Waals surface area contributed by atoms with Crippen molar-refractivity contribution in [1.82, 2.24) is 4.90 Å². The van der Waals surface area contributed by atoms with Gasteiger partial charge in [0, 0.05) is 19.5 Å². The Hall–Kier alpha value is -2.08. The summed E-state index contributed by atoms with van der Waals surface area (Å²) >= 11 is 0. The molecule has 19 heavy (non-hydrogen) atoms. The highest BCUT2D eigenvalue weighted by atomic mass is 16.2. The van der Waals surface area contributed by atoms with E-state index >= 15 is 0 Å². The fraction of sp³-hybridized carbons (Fsp3) is 0.375. The molecule has 0 bridgehead atoms. The lowest BCUT2D eigenvalue weighted by Crippen LogP contribution is -2.30. The summed E-state index contributed by atoms with van der Waals surface area (Å²) in [6.45, 7) is 6.84. The average molecular weight is 256 g/mol. The number of amides is 1. The maximum atomic E-state index is 12.1. The summed E-state index contributed by atoms with van der Waals surface area (Å²) in [7, 11) is 0. The second kappa shape index (κ2) is 8.10. The minimum atomic E-state index is 0.143. The van der Waals surface area contributed by atoms with Gasteiger partial charge in [0.1, 0.15) is 0 Å². The molecule has 0 aliphatic rings. The minimum absolute atomic E-state index is 0.143. The number of benzene rings is 1. The molecule has 0 spiro atoms. The van der Waals surface area contributed by atoms with E-state index in [1.54, 1.807) is 17.0 Å². The molecule has 100 valence electrons. The van der Waals surface area contributed by atoms with Crippen molar-refractivity contribution in [3.8, 4) is 6.07 Å². The summed E-state index contributed by atoms with van der Waals surface area (Å²) in [6.07, 6.45) is 4.22. The van der Waals surface area contributed by atoms with Gasteiger partial charge < -0.3 is 4.90 Å². The van der Waals surface area contributed by atoms with Gasteiger partial charge in [-0.15, -0.1) is 6.58 Å². The SMILES string of the molecule is C=CCN(Cc1cccc(C#N)c1)C(=O)CCCC. The van der Waals surface area contributed by atoms with Crippen molar-refractivity contribution < 1.29 is 4.79 Å². The van der Waals surface area contributed by atoms with Gasteiger partial charge in [0.15, 0.2) is 0 Å². The number of hydrogen-bond acceptors (Lipinski definition) is 2. The fourth-order valence-electron chi connectivity index (χ4n) is 1.86. The topological polar surface area (TPSA) is 44.1 Å². The maximum absolute atomic E-state index is 12.1. The van der Waals surface area contributed by atoms with Crippen LogP contribution in [0.1, 0.15) is 37.3 Å². The standard InChI is InChI=1S/C16H20N2O/c1-3-5-9-16(19)18(10-4-2)13-15-8-6-7-14(11-15)12-17/h4,6-8,11H,2-3,5,9-10,13H2,1H3. The highest BCUT2D eigenvalue weighted by molar-refractivity contribution is 5.76. The molecule has 0 saturated carbocycles. The van der Waals surface area contributed by atoms with E-state index in [4.69, 9.17) is 5.26 Å². The zero-order valence-corrected chi connectivity index (χ0v) is 11.4. The van der Waals surface area contributed by atoms with Gasteiger partial charge >= 0.3 is 0 Å². The summed E-state index contributed by atoms with van der Waals surface area (Å²) in [4.78, 5) is 13.8. The Morgan fingerprint density at radius 2 is 2.32 bits per heavy atom. The summed E-state index contributed by atoms with van der Waals surface area (Å²) in [5.74, 6) is 0.143. The number of hydrogen-bond donors (Lipinski definition) is 0. The molecule has 3 nitrogen and oxygen atoms in total. The lowest BCUT2D eigenvalue weighted by molar-refractivity contribution is -0.131. The lowest BCUT2D eigenvalue weighted by atomic mass is 10.1. The van der Waals surface area contributed by atoms with Crippen molar-refractivity contribution in [2.45, 2.75) is 32.7 Å². The van der Waals surface area contributed by atoms with E-state index < -0.39 is 0 Å². The average Bonchev–Trinajstić information content (AvgIpc) is 2.44. The van der Waals surface area contributed by atoms with Crippen LogP contribution in [0, 0.1) is 11.3 Å². The van der Waals surface area contributed by atoms with Crippen molar-refractivity contribution in [1.29, 1.82) is 5.26 Å². The van der Waals surface area contributed by atoms with Crippen LogP contribution in [-0.4, -0.2) is 17.4 Å². The van der Waals surface area contributed by atoms with Crippen molar-refractivity contribution in [2.24, 2.45) is 0 Å². The van der Waals surface area contributed by atoms with E-state index in [1.165, 1.54) is 0 Å². The lowest BCUT2D eigenvalue weighted by Gasteiger charge is -2.21. The van der Waals surface area contributed by atoms with Crippen LogP contribution >= 0.6 is 0 Å². The number of carbonyl (C=O) groups excluding carboxylic acids is 1. The molecular weight excluding hydrogens is 236 g/mol. The first kappa shape index (κ1) is 15.0. The molecule has 0 saturated heterocycles. The van der Waals surface area contributed by atoms with Gasteiger partial charge in [-0.25, -0.2) is 0 Å². The van der Waals surface area contributed by atoms with Crippen LogP contribution in [0.5, 0.6) is 0 Å². The van der Waals surface area contributed by atoms with E-state index in [0.717, 1.165) is 18.4 Å². The van der Waals surface area contributed by atoms with Gasteiger partial charge in [-0.2, -0.15) is 5.26 Å². The van der Waals surface area contributed by atoms with Crippen LogP contribution in [0.4, 0.5) is 0 Å². The van der Waals surface area contributed by atoms with Crippen molar-refractivity contribution >= 4 is 5.91 Å². The van der Waals surface area contributed by atoms with Crippen LogP contribution in [0.25, 0.3) is 0 Å². The van der Waals surface area contributed by atoms with E-state index in [9.17, 15) is 4.79 Å². The first-order valence-electron chi connectivity index (χ1n) is 6.59. The van der Waals surface area contributed by atoms with Crippen molar-refractivity contribution in [2.75, 3.05) is 6.54 Å². The fourth-order valence-corrected chi connectivity index (χ4v) is 1.86. The third kappa shape index (κ3) is 4.97. The van der Waals surface area contributed by atoms with Crippen molar-refractivity contribution in [3.63, 3.8) is 0 Å². The van der Waals surface area contributed by atoms with Crippen LogP contribution in [0.2, 0.25) is 0 Å². The predicted molar refractivity (Wildman–Crippen MR) is 76.3 cm³/mol. The normalized spacial score (nSPS) is 9.68. The molecule has 0 aliphatic carbocycles. The van der Waals surface area contributed by atoms with Gasteiger partial charge in [-0.1, -0.05) is 31.6 Å². The predicted octanol–water partition coefficient (Wildman–Crippen LogP) is 3.26. The molecule has 1 amide bonds. The molecule has 0 heterocycles. The quantitative estimate of drug-likeness (QED) is 0.703. The highest BCUT2D eigenvalue weighted by Gasteiger charge is 2.12. The second-order valence-electron chi connectivity index (χ2n) is 4.48. The molecule has 0 aliphatic heterocycles. The van der Waals surface area contributed by atoms with Gasteiger partial charge in [0.05, 0.1) is 11.6 Å².